The SMILES string of the molecule is COCCNC(=O)CN(C)CC=C(C)C(=O)OC. The van der Waals surface area contributed by atoms with Crippen LogP contribution in [0, 0.1) is 0 Å². The molecular weight excluding hydrogens is 236 g/mol. The van der Waals surface area contributed by atoms with Crippen LogP contribution < -0.4 is 5.32 Å². The zero-order chi connectivity index (χ0) is 14.0. The molecule has 0 aliphatic rings. The lowest BCUT2D eigenvalue weighted by Crippen LogP contribution is -2.36. The molecule has 0 unspecified atom stereocenters. The van der Waals surface area contributed by atoms with Crippen molar-refractivity contribution >= 4 is 11.9 Å². The fourth-order valence-corrected chi connectivity index (χ4v) is 1.20. The van der Waals surface area contributed by atoms with Crippen LogP contribution in [-0.2, 0) is 19.1 Å². The zero-order valence-electron chi connectivity index (χ0n) is 11.5. The Morgan fingerprint density at radius 2 is 2.00 bits per heavy atom. The molecule has 104 valence electrons. The Morgan fingerprint density at radius 3 is 2.56 bits per heavy atom. The largest absolute Gasteiger partial charge is 0.466 e. The Bertz CT molecular complexity index is 302. The summed E-state index contributed by atoms with van der Waals surface area (Å²) in [5.41, 5.74) is 0.532. The van der Waals surface area contributed by atoms with Crippen molar-refractivity contribution in [1.29, 1.82) is 0 Å². The molecule has 18 heavy (non-hydrogen) atoms. The number of ether oxygens (including phenoxy) is 2. The highest BCUT2D eigenvalue weighted by atomic mass is 16.5. The number of likely N-dealkylation sites (N-methyl/N-ethyl adjacent to an activating group) is 1. The topological polar surface area (TPSA) is 67.9 Å². The summed E-state index contributed by atoms with van der Waals surface area (Å²) in [6, 6.07) is 0. The van der Waals surface area contributed by atoms with E-state index in [-0.39, 0.29) is 18.4 Å². The molecule has 0 aliphatic carbocycles. The number of carbonyl (C=O) groups excluding carboxylic acids is 2. The van der Waals surface area contributed by atoms with Gasteiger partial charge < -0.3 is 14.8 Å². The first-order chi connectivity index (χ1) is 8.51. The third-order valence-corrected chi connectivity index (χ3v) is 2.26. The quantitative estimate of drug-likeness (QED) is 0.371. The van der Waals surface area contributed by atoms with Gasteiger partial charge in [0.2, 0.25) is 5.91 Å². The second-order valence-electron chi connectivity index (χ2n) is 3.92. The number of hydrogen-bond acceptors (Lipinski definition) is 5. The molecule has 0 rings (SSSR count). The summed E-state index contributed by atoms with van der Waals surface area (Å²) in [4.78, 5) is 24.4. The van der Waals surface area contributed by atoms with Crippen molar-refractivity contribution in [3.05, 3.63) is 11.6 Å². The van der Waals surface area contributed by atoms with Gasteiger partial charge in [0.25, 0.3) is 0 Å². The number of methoxy groups -OCH3 is 2. The van der Waals surface area contributed by atoms with Gasteiger partial charge in [-0.3, -0.25) is 9.69 Å². The van der Waals surface area contributed by atoms with Gasteiger partial charge in [-0.25, -0.2) is 4.79 Å². The van der Waals surface area contributed by atoms with Gasteiger partial charge in [-0.15, -0.1) is 0 Å². The van der Waals surface area contributed by atoms with Crippen molar-refractivity contribution in [2.75, 3.05) is 47.5 Å². The van der Waals surface area contributed by atoms with E-state index in [9.17, 15) is 9.59 Å². The average molecular weight is 258 g/mol. The van der Waals surface area contributed by atoms with E-state index in [1.165, 1.54) is 7.11 Å². The van der Waals surface area contributed by atoms with Crippen molar-refractivity contribution < 1.29 is 19.1 Å². The zero-order valence-corrected chi connectivity index (χ0v) is 11.5. The molecule has 0 fully saturated rings. The summed E-state index contributed by atoms with van der Waals surface area (Å²) in [5.74, 6) is -0.424. The first kappa shape index (κ1) is 16.6. The first-order valence-electron chi connectivity index (χ1n) is 5.70. The number of rotatable bonds is 8. The molecule has 0 bridgehead atoms. The van der Waals surface area contributed by atoms with E-state index in [0.29, 0.717) is 25.3 Å². The molecule has 0 aromatic rings. The molecule has 1 N–H and O–H groups in total. The van der Waals surface area contributed by atoms with Crippen LogP contribution in [0.3, 0.4) is 0 Å². The second kappa shape index (κ2) is 9.61. The monoisotopic (exact) mass is 258 g/mol. The average Bonchev–Trinajstić information content (AvgIpc) is 2.35. The molecule has 0 aromatic heterocycles. The summed E-state index contributed by atoms with van der Waals surface area (Å²) in [5, 5.41) is 2.72. The third kappa shape index (κ3) is 7.81. The fraction of sp³-hybridized carbons (Fsp3) is 0.667. The Morgan fingerprint density at radius 1 is 1.33 bits per heavy atom. The van der Waals surface area contributed by atoms with Gasteiger partial charge in [0, 0.05) is 25.8 Å². The summed E-state index contributed by atoms with van der Waals surface area (Å²) in [6.07, 6.45) is 1.73. The summed E-state index contributed by atoms with van der Waals surface area (Å²) < 4.78 is 9.40. The Balaban J connectivity index is 3.93. The van der Waals surface area contributed by atoms with Gasteiger partial charge in [0.1, 0.15) is 0 Å². The number of carbonyl (C=O) groups is 2. The van der Waals surface area contributed by atoms with E-state index in [4.69, 9.17) is 4.74 Å². The summed E-state index contributed by atoms with van der Waals surface area (Å²) >= 11 is 0. The highest BCUT2D eigenvalue weighted by Crippen LogP contribution is 1.96. The van der Waals surface area contributed by atoms with Gasteiger partial charge in [0.15, 0.2) is 0 Å². The van der Waals surface area contributed by atoms with E-state index < -0.39 is 0 Å². The molecule has 6 heteroatoms. The van der Waals surface area contributed by atoms with Gasteiger partial charge >= 0.3 is 5.97 Å². The van der Waals surface area contributed by atoms with E-state index >= 15 is 0 Å². The minimum Gasteiger partial charge on any atom is -0.466 e. The molecule has 0 aliphatic heterocycles. The number of hydrogen-bond donors (Lipinski definition) is 1. The predicted molar refractivity (Wildman–Crippen MR) is 68.2 cm³/mol. The van der Waals surface area contributed by atoms with Crippen molar-refractivity contribution in [3.63, 3.8) is 0 Å². The van der Waals surface area contributed by atoms with Gasteiger partial charge in [0.05, 0.1) is 20.3 Å². The molecular formula is C12H22N2O4. The van der Waals surface area contributed by atoms with Gasteiger partial charge in [-0.05, 0) is 14.0 Å². The predicted octanol–water partition coefficient (Wildman–Crippen LogP) is -0.200. The van der Waals surface area contributed by atoms with Crippen LogP contribution in [0.25, 0.3) is 0 Å². The number of amides is 1. The first-order valence-corrected chi connectivity index (χ1v) is 5.70. The fourth-order valence-electron chi connectivity index (χ4n) is 1.20. The lowest BCUT2D eigenvalue weighted by molar-refractivity contribution is -0.136. The minimum atomic E-state index is -0.354. The van der Waals surface area contributed by atoms with E-state index in [2.05, 4.69) is 10.1 Å². The van der Waals surface area contributed by atoms with Gasteiger partial charge in [-0.2, -0.15) is 0 Å². The van der Waals surface area contributed by atoms with Gasteiger partial charge in [-0.1, -0.05) is 6.08 Å². The van der Waals surface area contributed by atoms with Crippen LogP contribution in [-0.4, -0.2) is 64.3 Å². The molecule has 0 spiro atoms. The molecule has 0 aromatic carbocycles. The Kier molecular flexibility index (Phi) is 8.86. The Labute approximate surface area is 108 Å². The van der Waals surface area contributed by atoms with Crippen molar-refractivity contribution in [3.8, 4) is 0 Å². The van der Waals surface area contributed by atoms with E-state index in [1.54, 1.807) is 32.1 Å². The molecule has 0 radical (unpaired) electrons. The Hall–Kier alpha value is -1.40. The maximum atomic E-state index is 11.4. The second-order valence-corrected chi connectivity index (χ2v) is 3.92. The highest BCUT2D eigenvalue weighted by molar-refractivity contribution is 5.87. The normalized spacial score (nSPS) is 11.5. The van der Waals surface area contributed by atoms with Crippen LogP contribution in [0.5, 0.6) is 0 Å². The maximum Gasteiger partial charge on any atom is 0.333 e. The lowest BCUT2D eigenvalue weighted by Gasteiger charge is -2.14. The molecule has 0 saturated carbocycles. The minimum absolute atomic E-state index is 0.0707. The van der Waals surface area contributed by atoms with Crippen LogP contribution in [0.4, 0.5) is 0 Å². The van der Waals surface area contributed by atoms with Crippen molar-refractivity contribution in [2.45, 2.75) is 6.92 Å². The summed E-state index contributed by atoms with van der Waals surface area (Å²) in [7, 11) is 4.72. The van der Waals surface area contributed by atoms with Crippen molar-refractivity contribution in [2.24, 2.45) is 0 Å². The highest BCUT2D eigenvalue weighted by Gasteiger charge is 2.06. The van der Waals surface area contributed by atoms with Crippen molar-refractivity contribution in [1.82, 2.24) is 10.2 Å². The number of nitrogens with one attached hydrogen (secondary N) is 1. The molecule has 0 heterocycles. The third-order valence-electron chi connectivity index (χ3n) is 2.26. The number of nitrogens with zero attached hydrogens (tertiary/aromatic N) is 1. The molecule has 0 atom stereocenters. The lowest BCUT2D eigenvalue weighted by atomic mass is 10.3. The van der Waals surface area contributed by atoms with Crippen LogP contribution in [0.1, 0.15) is 6.92 Å². The number of esters is 1. The smallest absolute Gasteiger partial charge is 0.333 e. The van der Waals surface area contributed by atoms with E-state index in [1.807, 2.05) is 0 Å². The maximum absolute atomic E-state index is 11.4. The van der Waals surface area contributed by atoms with Crippen LogP contribution in [0.2, 0.25) is 0 Å². The van der Waals surface area contributed by atoms with Crippen LogP contribution >= 0.6 is 0 Å². The van der Waals surface area contributed by atoms with Crippen LogP contribution in [0.15, 0.2) is 11.6 Å². The molecule has 1 amide bonds. The molecule has 6 nitrogen and oxygen atoms in total. The standard InChI is InChI=1S/C12H22N2O4/c1-10(12(16)18-4)5-7-14(2)9-11(15)13-6-8-17-3/h5H,6-9H2,1-4H3,(H,13,15). The van der Waals surface area contributed by atoms with E-state index in [0.717, 1.165) is 0 Å². The summed E-state index contributed by atoms with van der Waals surface area (Å²) in [6.45, 7) is 3.46. The molecule has 0 saturated heterocycles.